The molecule has 2 N–H and O–H groups in total. The minimum atomic E-state index is -4.11. The van der Waals surface area contributed by atoms with E-state index in [0.717, 1.165) is 38.8 Å². The molecule has 1 heterocycles. The van der Waals surface area contributed by atoms with Gasteiger partial charge in [-0.1, -0.05) is 109 Å². The van der Waals surface area contributed by atoms with Crippen LogP contribution in [0.1, 0.15) is 51.9 Å². The Kier molecular flexibility index (Phi) is 12.4. The zero-order chi connectivity index (χ0) is 42.5. The van der Waals surface area contributed by atoms with E-state index in [1.807, 2.05) is 135 Å². The van der Waals surface area contributed by atoms with Gasteiger partial charge in [0.1, 0.15) is 42.8 Å². The maximum Gasteiger partial charge on any atom is 0.243 e. The maximum atomic E-state index is 14.7. The van der Waals surface area contributed by atoms with Gasteiger partial charge in [0.2, 0.25) is 10.0 Å². The third-order valence-corrected chi connectivity index (χ3v) is 13.3. The predicted octanol–water partition coefficient (Wildman–Crippen LogP) is 9.72. The van der Waals surface area contributed by atoms with Crippen LogP contribution in [-0.4, -0.2) is 42.7 Å². The van der Waals surface area contributed by atoms with Crippen molar-refractivity contribution < 1.29 is 37.6 Å². The van der Waals surface area contributed by atoms with Gasteiger partial charge in [-0.05, 0) is 95.4 Å². The molecule has 9 nitrogen and oxygen atoms in total. The number of rotatable bonds is 15. The van der Waals surface area contributed by atoms with E-state index >= 15 is 0 Å². The van der Waals surface area contributed by atoms with Gasteiger partial charge in [-0.15, -0.1) is 0 Å². The van der Waals surface area contributed by atoms with Crippen molar-refractivity contribution in [3.8, 4) is 34.1 Å². The fraction of sp³-hybridized carbons (Fsp3) is 0.216. The van der Waals surface area contributed by atoms with Crippen LogP contribution in [0.3, 0.4) is 0 Å². The molecule has 0 aromatic heterocycles. The quantitative estimate of drug-likeness (QED) is 0.105. The van der Waals surface area contributed by atoms with E-state index in [1.165, 1.54) is 4.31 Å². The van der Waals surface area contributed by atoms with Crippen LogP contribution in [0.5, 0.6) is 23.0 Å². The van der Waals surface area contributed by atoms with Crippen molar-refractivity contribution in [3.63, 3.8) is 0 Å². The lowest BCUT2D eigenvalue weighted by atomic mass is 9.82. The van der Waals surface area contributed by atoms with Crippen LogP contribution in [0, 0.1) is 6.92 Å². The van der Waals surface area contributed by atoms with Gasteiger partial charge in [-0.3, -0.25) is 0 Å². The minimum absolute atomic E-state index is 0.141. The monoisotopic (exact) mass is 835 g/mol. The standard InChI is InChI=1S/C51H49NO8S/c1-34-19-21-41(22-20-34)61(55,56)52-35(2)49-44(27-40(52)30-54)50(48(60-33-38-17-11-6-12-18-38)28-47(49)59-32-37-15-9-5-10-16-37)42-23-24-45(58-31-36-13-7-4-8-14-36)51-43(42)25-39(29-53)26-46(51)57-3/h4-26,28,35,40,53-54H,27,29-33H2,1-3H3/t35-,40+/m1/s1. The molecule has 0 unspecified atom stereocenters. The Bertz CT molecular complexity index is 2730. The molecule has 312 valence electrons. The molecule has 0 spiro atoms. The molecule has 0 amide bonds. The van der Waals surface area contributed by atoms with E-state index in [0.29, 0.717) is 51.7 Å². The minimum Gasteiger partial charge on any atom is -0.496 e. The van der Waals surface area contributed by atoms with E-state index in [9.17, 15) is 18.6 Å². The maximum absolute atomic E-state index is 14.7. The Morgan fingerprint density at radius 2 is 1.20 bits per heavy atom. The second kappa shape index (κ2) is 18.2. The zero-order valence-corrected chi connectivity index (χ0v) is 35.3. The summed E-state index contributed by atoms with van der Waals surface area (Å²) >= 11 is 0. The topological polar surface area (TPSA) is 115 Å². The van der Waals surface area contributed by atoms with Crippen molar-refractivity contribution in [1.29, 1.82) is 0 Å². The molecular weight excluding hydrogens is 787 g/mol. The van der Waals surface area contributed by atoms with Gasteiger partial charge < -0.3 is 29.2 Å². The van der Waals surface area contributed by atoms with Crippen LogP contribution < -0.4 is 18.9 Å². The molecule has 0 radical (unpaired) electrons. The number of aryl methyl sites for hydroxylation is 1. The Balaban J connectivity index is 1.38. The lowest BCUT2D eigenvalue weighted by Gasteiger charge is -2.42. The van der Waals surface area contributed by atoms with Gasteiger partial charge >= 0.3 is 0 Å². The Hall–Kier alpha value is -6.17. The van der Waals surface area contributed by atoms with Crippen molar-refractivity contribution >= 4 is 20.8 Å². The van der Waals surface area contributed by atoms with E-state index in [1.54, 1.807) is 31.4 Å². The van der Waals surface area contributed by atoms with Gasteiger partial charge in [0, 0.05) is 17.2 Å². The number of ether oxygens (including phenoxy) is 4. The lowest BCUT2D eigenvalue weighted by molar-refractivity contribution is 0.148. The predicted molar refractivity (Wildman–Crippen MR) is 237 cm³/mol. The van der Waals surface area contributed by atoms with Gasteiger partial charge in [-0.2, -0.15) is 4.31 Å². The van der Waals surface area contributed by atoms with Gasteiger partial charge in [0.05, 0.1) is 42.7 Å². The number of nitrogens with zero attached hydrogens (tertiary/aromatic N) is 1. The fourth-order valence-electron chi connectivity index (χ4n) is 8.32. The van der Waals surface area contributed by atoms with Gasteiger partial charge in [-0.25, -0.2) is 8.42 Å². The van der Waals surface area contributed by atoms with E-state index in [4.69, 9.17) is 18.9 Å². The fourth-order valence-corrected chi connectivity index (χ4v) is 10.1. The first-order chi connectivity index (χ1) is 29.7. The van der Waals surface area contributed by atoms with Crippen LogP contribution in [0.4, 0.5) is 0 Å². The molecule has 61 heavy (non-hydrogen) atoms. The number of sulfonamides is 1. The summed E-state index contributed by atoms with van der Waals surface area (Å²) in [7, 11) is -2.52. The zero-order valence-electron chi connectivity index (χ0n) is 34.5. The van der Waals surface area contributed by atoms with Crippen molar-refractivity contribution in [3.05, 3.63) is 185 Å². The van der Waals surface area contributed by atoms with Crippen LogP contribution in [-0.2, 0) is 42.9 Å². The smallest absolute Gasteiger partial charge is 0.243 e. The average Bonchev–Trinajstić information content (AvgIpc) is 3.29. The molecule has 10 heteroatoms. The molecule has 8 rings (SSSR count). The Morgan fingerprint density at radius 1 is 0.639 bits per heavy atom. The third-order valence-electron chi connectivity index (χ3n) is 11.3. The molecule has 7 aromatic carbocycles. The van der Waals surface area contributed by atoms with E-state index < -0.39 is 28.7 Å². The summed E-state index contributed by atoms with van der Waals surface area (Å²) < 4.78 is 56.8. The highest BCUT2D eigenvalue weighted by Crippen LogP contribution is 2.52. The van der Waals surface area contributed by atoms with Crippen molar-refractivity contribution in [2.24, 2.45) is 0 Å². The summed E-state index contributed by atoms with van der Waals surface area (Å²) in [6.07, 6.45) is 0.144. The summed E-state index contributed by atoms with van der Waals surface area (Å²) in [6, 6.07) is 44.2. The number of benzene rings is 7. The molecule has 1 aliphatic heterocycles. The number of hydrogen-bond donors (Lipinski definition) is 2. The highest BCUT2D eigenvalue weighted by atomic mass is 32.2. The first kappa shape index (κ1) is 41.6. The highest BCUT2D eigenvalue weighted by molar-refractivity contribution is 7.89. The first-order valence-electron chi connectivity index (χ1n) is 20.4. The van der Waals surface area contributed by atoms with E-state index in [-0.39, 0.29) is 31.1 Å². The number of methoxy groups -OCH3 is 1. The third kappa shape index (κ3) is 8.58. The number of hydrogen-bond acceptors (Lipinski definition) is 8. The summed E-state index contributed by atoms with van der Waals surface area (Å²) in [4.78, 5) is 0.141. The molecule has 0 aliphatic carbocycles. The van der Waals surface area contributed by atoms with Crippen LogP contribution in [0.2, 0.25) is 0 Å². The molecule has 0 saturated carbocycles. The van der Waals surface area contributed by atoms with Gasteiger partial charge in [0.25, 0.3) is 0 Å². The normalized spacial score (nSPS) is 15.3. The number of aliphatic hydroxyl groups is 2. The summed E-state index contributed by atoms with van der Waals surface area (Å²) in [5.41, 5.74) is 7.37. The summed E-state index contributed by atoms with van der Waals surface area (Å²) in [5, 5.41) is 23.1. The second-order valence-electron chi connectivity index (χ2n) is 15.3. The Morgan fingerprint density at radius 3 is 1.74 bits per heavy atom. The van der Waals surface area contributed by atoms with Crippen molar-refractivity contribution in [2.75, 3.05) is 13.7 Å². The number of aliphatic hydroxyl groups excluding tert-OH is 2. The average molecular weight is 836 g/mol. The molecule has 0 saturated heterocycles. The molecule has 2 atom stereocenters. The first-order valence-corrected chi connectivity index (χ1v) is 21.8. The second-order valence-corrected chi connectivity index (χ2v) is 17.2. The van der Waals surface area contributed by atoms with Crippen LogP contribution >= 0.6 is 0 Å². The van der Waals surface area contributed by atoms with Crippen LogP contribution in [0.25, 0.3) is 21.9 Å². The molecule has 0 fully saturated rings. The van der Waals surface area contributed by atoms with Crippen molar-refractivity contribution in [2.45, 2.75) is 63.7 Å². The molecular formula is C51H49NO8S. The summed E-state index contributed by atoms with van der Waals surface area (Å²) in [5.74, 6) is 2.09. The molecule has 1 aliphatic rings. The highest BCUT2D eigenvalue weighted by Gasteiger charge is 2.43. The SMILES string of the molecule is COc1cc(CO)cc2c(-c3c(OCc4ccccc4)cc(OCc4ccccc4)c4c3C[C@@H](CO)N(S(=O)(=O)c3ccc(C)cc3)[C@@H]4C)ccc(OCc3ccccc3)c12. The molecule has 0 bridgehead atoms. The van der Waals surface area contributed by atoms with Gasteiger partial charge in [0.15, 0.2) is 0 Å². The summed E-state index contributed by atoms with van der Waals surface area (Å²) in [6.45, 7) is 3.86. The Labute approximate surface area is 357 Å². The van der Waals surface area contributed by atoms with Crippen LogP contribution in [0.15, 0.2) is 150 Å². The molecule has 7 aromatic rings. The number of fused-ring (bicyclic) bond motifs is 2. The largest absolute Gasteiger partial charge is 0.496 e. The van der Waals surface area contributed by atoms with Crippen molar-refractivity contribution in [1.82, 2.24) is 4.31 Å². The van der Waals surface area contributed by atoms with E-state index in [2.05, 4.69) is 0 Å². The lowest BCUT2D eigenvalue weighted by Crippen LogP contribution is -2.48.